The van der Waals surface area contributed by atoms with Crippen LogP contribution in [0.1, 0.15) is 65.2 Å². The van der Waals surface area contributed by atoms with Crippen molar-refractivity contribution in [3.05, 3.63) is 0 Å². The molecule has 2 atom stereocenters. The first-order valence-electron chi connectivity index (χ1n) is 9.19. The molecule has 0 radical (unpaired) electrons. The molecule has 3 heteroatoms. The number of rotatable bonds is 7. The van der Waals surface area contributed by atoms with Gasteiger partial charge in [0.2, 0.25) is 0 Å². The Morgan fingerprint density at radius 2 is 1.90 bits per heavy atom. The topological polar surface area (TPSA) is 24.5 Å². The van der Waals surface area contributed by atoms with Gasteiger partial charge in [0.15, 0.2) is 0 Å². The van der Waals surface area contributed by atoms with Crippen LogP contribution in [0.25, 0.3) is 0 Å². The third-order valence-corrected chi connectivity index (χ3v) is 5.58. The zero-order valence-electron chi connectivity index (χ0n) is 14.5. The van der Waals surface area contributed by atoms with Crippen LogP contribution in [-0.4, -0.2) is 50.3 Å². The quantitative estimate of drug-likeness (QED) is 0.575. The Kier molecular flexibility index (Phi) is 6.97. The van der Waals surface area contributed by atoms with Gasteiger partial charge in [-0.2, -0.15) is 0 Å². The highest BCUT2D eigenvalue weighted by atomic mass is 16.5. The van der Waals surface area contributed by atoms with Gasteiger partial charge in [-0.3, -0.25) is 0 Å². The van der Waals surface area contributed by atoms with Gasteiger partial charge in [0.1, 0.15) is 0 Å². The standard InChI is InChI=1S/C18H36N2O/c1-4-12-19-14-18(10-7-5-6-8-11-18)15-20(3)17-9-13-21-16(17)2/h16-17,19H,4-15H2,1-3H3. The molecular formula is C18H36N2O. The number of nitrogens with one attached hydrogen (secondary N) is 1. The summed E-state index contributed by atoms with van der Waals surface area (Å²) in [6, 6.07) is 0.622. The molecule has 1 saturated carbocycles. The molecule has 1 N–H and O–H groups in total. The van der Waals surface area contributed by atoms with Crippen LogP contribution in [0, 0.1) is 5.41 Å². The molecule has 21 heavy (non-hydrogen) atoms. The van der Waals surface area contributed by atoms with Gasteiger partial charge in [0.25, 0.3) is 0 Å². The zero-order valence-corrected chi connectivity index (χ0v) is 14.5. The molecule has 2 fully saturated rings. The molecule has 1 saturated heterocycles. The lowest BCUT2D eigenvalue weighted by Gasteiger charge is -2.39. The van der Waals surface area contributed by atoms with Crippen LogP contribution >= 0.6 is 0 Å². The summed E-state index contributed by atoms with van der Waals surface area (Å²) >= 11 is 0. The minimum atomic E-state index is 0.404. The summed E-state index contributed by atoms with van der Waals surface area (Å²) in [5.74, 6) is 0. The van der Waals surface area contributed by atoms with Gasteiger partial charge in [-0.05, 0) is 51.6 Å². The van der Waals surface area contributed by atoms with Crippen LogP contribution < -0.4 is 5.32 Å². The SMILES string of the molecule is CCCNCC1(CN(C)C2CCOC2C)CCCCCC1. The van der Waals surface area contributed by atoms with E-state index in [1.54, 1.807) is 0 Å². The Hall–Kier alpha value is -0.120. The molecule has 1 aliphatic heterocycles. The molecule has 124 valence electrons. The average molecular weight is 296 g/mol. The van der Waals surface area contributed by atoms with E-state index in [0.29, 0.717) is 17.6 Å². The second-order valence-electron chi connectivity index (χ2n) is 7.44. The Balaban J connectivity index is 1.96. The van der Waals surface area contributed by atoms with Gasteiger partial charge in [-0.25, -0.2) is 0 Å². The third-order valence-electron chi connectivity index (χ3n) is 5.58. The highest BCUT2D eigenvalue weighted by Crippen LogP contribution is 2.36. The van der Waals surface area contributed by atoms with Crippen molar-refractivity contribution < 1.29 is 4.74 Å². The van der Waals surface area contributed by atoms with Gasteiger partial charge < -0.3 is 15.0 Å². The van der Waals surface area contributed by atoms with Crippen LogP contribution in [0.4, 0.5) is 0 Å². The van der Waals surface area contributed by atoms with Gasteiger partial charge in [-0.1, -0.05) is 32.6 Å². The van der Waals surface area contributed by atoms with E-state index in [-0.39, 0.29) is 0 Å². The van der Waals surface area contributed by atoms with Crippen molar-refractivity contribution in [2.24, 2.45) is 5.41 Å². The van der Waals surface area contributed by atoms with E-state index in [2.05, 4.69) is 31.1 Å². The molecule has 2 rings (SSSR count). The second-order valence-corrected chi connectivity index (χ2v) is 7.44. The normalized spacial score (nSPS) is 29.7. The molecule has 0 amide bonds. The lowest BCUT2D eigenvalue weighted by Crippen LogP contribution is -2.47. The van der Waals surface area contributed by atoms with Crippen LogP contribution in [0.3, 0.4) is 0 Å². The predicted molar refractivity (Wildman–Crippen MR) is 89.7 cm³/mol. The first-order valence-corrected chi connectivity index (χ1v) is 9.19. The number of hydrogen-bond donors (Lipinski definition) is 1. The fourth-order valence-corrected chi connectivity index (χ4v) is 4.35. The maximum Gasteiger partial charge on any atom is 0.0702 e. The van der Waals surface area contributed by atoms with E-state index in [0.717, 1.165) is 13.2 Å². The minimum Gasteiger partial charge on any atom is -0.377 e. The van der Waals surface area contributed by atoms with E-state index in [1.807, 2.05) is 0 Å². The summed E-state index contributed by atoms with van der Waals surface area (Å²) in [6.07, 6.45) is 11.3. The highest BCUT2D eigenvalue weighted by Gasteiger charge is 2.36. The highest BCUT2D eigenvalue weighted by molar-refractivity contribution is 4.90. The number of ether oxygens (including phenoxy) is 1. The molecule has 3 nitrogen and oxygen atoms in total. The summed E-state index contributed by atoms with van der Waals surface area (Å²) in [5, 5.41) is 3.72. The summed E-state index contributed by atoms with van der Waals surface area (Å²) < 4.78 is 5.77. The number of likely N-dealkylation sites (N-methyl/N-ethyl adjacent to an activating group) is 1. The smallest absolute Gasteiger partial charge is 0.0702 e. The maximum atomic E-state index is 5.77. The molecule has 0 aromatic carbocycles. The van der Waals surface area contributed by atoms with E-state index in [9.17, 15) is 0 Å². The summed E-state index contributed by atoms with van der Waals surface area (Å²) in [7, 11) is 2.32. The minimum absolute atomic E-state index is 0.404. The Bertz CT molecular complexity index is 287. The van der Waals surface area contributed by atoms with Gasteiger partial charge in [-0.15, -0.1) is 0 Å². The second kappa shape index (κ2) is 8.50. The summed E-state index contributed by atoms with van der Waals surface area (Å²) in [5.41, 5.74) is 0.489. The van der Waals surface area contributed by atoms with E-state index < -0.39 is 0 Å². The zero-order chi connectivity index (χ0) is 15.1. The Morgan fingerprint density at radius 3 is 2.48 bits per heavy atom. The monoisotopic (exact) mass is 296 g/mol. The van der Waals surface area contributed by atoms with Crippen molar-refractivity contribution >= 4 is 0 Å². The molecular weight excluding hydrogens is 260 g/mol. The summed E-state index contributed by atoms with van der Waals surface area (Å²) in [6.45, 7) is 9.04. The van der Waals surface area contributed by atoms with Crippen LogP contribution in [-0.2, 0) is 4.74 Å². The van der Waals surface area contributed by atoms with E-state index in [1.165, 1.54) is 64.5 Å². The Morgan fingerprint density at radius 1 is 1.19 bits per heavy atom. The van der Waals surface area contributed by atoms with E-state index in [4.69, 9.17) is 4.74 Å². The lowest BCUT2D eigenvalue weighted by molar-refractivity contribution is 0.0579. The maximum absolute atomic E-state index is 5.77. The fraction of sp³-hybridized carbons (Fsp3) is 1.00. The largest absolute Gasteiger partial charge is 0.377 e. The number of nitrogens with zero attached hydrogens (tertiary/aromatic N) is 1. The van der Waals surface area contributed by atoms with Crippen LogP contribution in [0.5, 0.6) is 0 Å². The van der Waals surface area contributed by atoms with Crippen molar-refractivity contribution in [2.45, 2.75) is 77.4 Å². The van der Waals surface area contributed by atoms with Crippen molar-refractivity contribution in [1.29, 1.82) is 0 Å². The molecule has 1 heterocycles. The van der Waals surface area contributed by atoms with Crippen molar-refractivity contribution in [1.82, 2.24) is 10.2 Å². The molecule has 0 bridgehead atoms. The van der Waals surface area contributed by atoms with Gasteiger partial charge in [0, 0.05) is 25.7 Å². The predicted octanol–water partition coefficient (Wildman–Crippen LogP) is 3.44. The third kappa shape index (κ3) is 4.94. The first-order chi connectivity index (χ1) is 10.2. The summed E-state index contributed by atoms with van der Waals surface area (Å²) in [4.78, 5) is 2.61. The Labute approximate surface area is 131 Å². The lowest BCUT2D eigenvalue weighted by atomic mass is 9.79. The molecule has 0 aromatic rings. The molecule has 2 aliphatic rings. The van der Waals surface area contributed by atoms with Crippen molar-refractivity contribution in [3.8, 4) is 0 Å². The van der Waals surface area contributed by atoms with Crippen LogP contribution in [0.15, 0.2) is 0 Å². The molecule has 0 aromatic heterocycles. The fourth-order valence-electron chi connectivity index (χ4n) is 4.35. The number of hydrogen-bond acceptors (Lipinski definition) is 3. The average Bonchev–Trinajstić information content (AvgIpc) is 2.76. The first kappa shape index (κ1) is 17.2. The van der Waals surface area contributed by atoms with Crippen molar-refractivity contribution in [2.75, 3.05) is 33.3 Å². The molecule has 1 aliphatic carbocycles. The van der Waals surface area contributed by atoms with Crippen LogP contribution in [0.2, 0.25) is 0 Å². The van der Waals surface area contributed by atoms with Crippen molar-refractivity contribution in [3.63, 3.8) is 0 Å². The van der Waals surface area contributed by atoms with Gasteiger partial charge >= 0.3 is 0 Å². The van der Waals surface area contributed by atoms with E-state index >= 15 is 0 Å². The molecule has 0 spiro atoms. The van der Waals surface area contributed by atoms with Gasteiger partial charge in [0.05, 0.1) is 6.10 Å². The molecule has 2 unspecified atom stereocenters.